The Hall–Kier alpha value is -0.170. The summed E-state index contributed by atoms with van der Waals surface area (Å²) in [6, 6.07) is 0. The molecule has 0 aromatic rings. The number of hydrogen-bond acceptors (Lipinski definition) is 4. The quantitative estimate of drug-likeness (QED) is 0.808. The van der Waals surface area contributed by atoms with Gasteiger partial charge in [0.05, 0.1) is 6.26 Å². The summed E-state index contributed by atoms with van der Waals surface area (Å²) in [5.74, 6) is 1.24. The molecule has 2 atom stereocenters. The van der Waals surface area contributed by atoms with Crippen LogP contribution in [-0.2, 0) is 10.0 Å². The molecule has 2 aliphatic rings. The second-order valence-corrected chi connectivity index (χ2v) is 8.55. The second kappa shape index (κ2) is 7.20. The highest BCUT2D eigenvalue weighted by Crippen LogP contribution is 2.20. The fraction of sp³-hybridized carbons (Fsp3) is 1.00. The molecule has 0 radical (unpaired) electrons. The summed E-state index contributed by atoms with van der Waals surface area (Å²) in [6.45, 7) is 5.83. The largest absolute Gasteiger partial charge is 0.316 e. The van der Waals surface area contributed by atoms with Crippen LogP contribution in [0.15, 0.2) is 0 Å². The number of sulfonamides is 1. The monoisotopic (exact) mass is 303 g/mol. The van der Waals surface area contributed by atoms with Crippen molar-refractivity contribution in [2.24, 2.45) is 11.8 Å². The summed E-state index contributed by atoms with van der Waals surface area (Å²) in [5, 5.41) is 3.46. The normalized spacial score (nSPS) is 29.8. The molecule has 2 heterocycles. The minimum absolute atomic E-state index is 0.486. The first-order valence-electron chi connectivity index (χ1n) is 7.79. The zero-order chi connectivity index (χ0) is 14.6. The molecule has 0 aromatic carbocycles. The van der Waals surface area contributed by atoms with E-state index in [1.165, 1.54) is 19.1 Å². The molecule has 0 spiro atoms. The topological polar surface area (TPSA) is 52.6 Å². The molecular formula is C14H29N3O2S. The fourth-order valence-corrected chi connectivity index (χ4v) is 4.46. The van der Waals surface area contributed by atoms with E-state index >= 15 is 0 Å². The number of rotatable bonds is 5. The Balaban J connectivity index is 1.77. The molecule has 0 aromatic heterocycles. The van der Waals surface area contributed by atoms with Crippen molar-refractivity contribution in [2.75, 3.05) is 52.6 Å². The van der Waals surface area contributed by atoms with E-state index in [0.29, 0.717) is 19.0 Å². The van der Waals surface area contributed by atoms with E-state index in [1.54, 1.807) is 4.31 Å². The van der Waals surface area contributed by atoms with Crippen LogP contribution in [0.25, 0.3) is 0 Å². The molecule has 0 saturated carbocycles. The van der Waals surface area contributed by atoms with Crippen molar-refractivity contribution in [3.8, 4) is 0 Å². The number of nitrogens with zero attached hydrogens (tertiary/aromatic N) is 2. The molecule has 2 aliphatic heterocycles. The Bertz CT molecular complexity index is 393. The maximum Gasteiger partial charge on any atom is 0.211 e. The predicted octanol–water partition coefficient (Wildman–Crippen LogP) is 0.589. The van der Waals surface area contributed by atoms with Crippen molar-refractivity contribution in [3.63, 3.8) is 0 Å². The lowest BCUT2D eigenvalue weighted by atomic mass is 9.96. The summed E-state index contributed by atoms with van der Waals surface area (Å²) in [7, 11) is -0.842. The van der Waals surface area contributed by atoms with Crippen LogP contribution in [0.4, 0.5) is 0 Å². The van der Waals surface area contributed by atoms with Gasteiger partial charge in [0, 0.05) is 26.2 Å². The molecule has 5 nitrogen and oxygen atoms in total. The van der Waals surface area contributed by atoms with Crippen LogP contribution < -0.4 is 5.32 Å². The van der Waals surface area contributed by atoms with Gasteiger partial charge in [-0.3, -0.25) is 0 Å². The third-order valence-electron chi connectivity index (χ3n) is 4.49. The first-order chi connectivity index (χ1) is 9.45. The number of nitrogens with one attached hydrogen (secondary N) is 1. The fourth-order valence-electron chi connectivity index (χ4n) is 3.51. The minimum Gasteiger partial charge on any atom is -0.316 e. The van der Waals surface area contributed by atoms with Gasteiger partial charge in [-0.2, -0.15) is 0 Å². The van der Waals surface area contributed by atoms with Gasteiger partial charge >= 0.3 is 0 Å². The van der Waals surface area contributed by atoms with Gasteiger partial charge in [0.25, 0.3) is 0 Å². The van der Waals surface area contributed by atoms with Crippen LogP contribution >= 0.6 is 0 Å². The molecule has 20 heavy (non-hydrogen) atoms. The lowest BCUT2D eigenvalue weighted by Gasteiger charge is -2.34. The molecule has 118 valence electrons. The SMILES string of the molecule is CN(CC1CCCNC1)CC1CCCN(S(C)(=O)=O)C1. The molecule has 0 bridgehead atoms. The van der Waals surface area contributed by atoms with Gasteiger partial charge in [0.1, 0.15) is 0 Å². The van der Waals surface area contributed by atoms with Crippen molar-refractivity contribution >= 4 is 10.0 Å². The van der Waals surface area contributed by atoms with Crippen molar-refractivity contribution in [2.45, 2.75) is 25.7 Å². The second-order valence-electron chi connectivity index (χ2n) is 6.56. The highest BCUT2D eigenvalue weighted by molar-refractivity contribution is 7.88. The van der Waals surface area contributed by atoms with Gasteiger partial charge < -0.3 is 10.2 Å². The van der Waals surface area contributed by atoms with E-state index in [2.05, 4.69) is 17.3 Å². The summed E-state index contributed by atoms with van der Waals surface area (Å²) in [5.41, 5.74) is 0. The van der Waals surface area contributed by atoms with Gasteiger partial charge in [-0.05, 0) is 57.7 Å². The number of piperidine rings is 2. The van der Waals surface area contributed by atoms with Gasteiger partial charge in [-0.25, -0.2) is 12.7 Å². The molecular weight excluding hydrogens is 274 g/mol. The molecule has 2 unspecified atom stereocenters. The van der Waals surface area contributed by atoms with Gasteiger partial charge in [0.15, 0.2) is 0 Å². The van der Waals surface area contributed by atoms with E-state index in [9.17, 15) is 8.42 Å². The highest BCUT2D eigenvalue weighted by atomic mass is 32.2. The standard InChI is InChI=1S/C14H29N3O2S/c1-16(10-13-5-3-7-15-9-13)11-14-6-4-8-17(12-14)20(2,18)19/h13-15H,3-12H2,1-2H3. The molecule has 0 amide bonds. The zero-order valence-electron chi connectivity index (χ0n) is 12.8. The highest BCUT2D eigenvalue weighted by Gasteiger charge is 2.27. The average Bonchev–Trinajstić information content (AvgIpc) is 2.39. The zero-order valence-corrected chi connectivity index (χ0v) is 13.7. The minimum atomic E-state index is -3.02. The van der Waals surface area contributed by atoms with Crippen molar-refractivity contribution in [1.29, 1.82) is 0 Å². The Morgan fingerprint density at radius 3 is 2.55 bits per heavy atom. The summed E-state index contributed by atoms with van der Waals surface area (Å²) in [6.07, 6.45) is 6.07. The van der Waals surface area contributed by atoms with E-state index in [-0.39, 0.29) is 0 Å². The Morgan fingerprint density at radius 2 is 1.90 bits per heavy atom. The molecule has 2 fully saturated rings. The van der Waals surface area contributed by atoms with E-state index in [4.69, 9.17) is 0 Å². The predicted molar refractivity (Wildman–Crippen MR) is 82.2 cm³/mol. The first kappa shape index (κ1) is 16.2. The van der Waals surface area contributed by atoms with E-state index in [1.807, 2.05) is 0 Å². The maximum absolute atomic E-state index is 11.6. The lowest BCUT2D eigenvalue weighted by molar-refractivity contribution is 0.175. The van der Waals surface area contributed by atoms with E-state index < -0.39 is 10.0 Å². The number of hydrogen-bond donors (Lipinski definition) is 1. The van der Waals surface area contributed by atoms with Gasteiger partial charge in [-0.15, -0.1) is 0 Å². The lowest BCUT2D eigenvalue weighted by Crippen LogP contribution is -2.44. The van der Waals surface area contributed by atoms with Crippen molar-refractivity contribution in [1.82, 2.24) is 14.5 Å². The Morgan fingerprint density at radius 1 is 1.20 bits per heavy atom. The maximum atomic E-state index is 11.6. The molecule has 0 aliphatic carbocycles. The van der Waals surface area contributed by atoms with E-state index in [0.717, 1.165) is 44.9 Å². The Kier molecular flexibility index (Phi) is 5.84. The first-order valence-corrected chi connectivity index (χ1v) is 9.64. The van der Waals surface area contributed by atoms with Crippen LogP contribution in [-0.4, -0.2) is 70.2 Å². The third-order valence-corrected chi connectivity index (χ3v) is 5.76. The third kappa shape index (κ3) is 4.98. The Labute approximate surface area is 123 Å². The van der Waals surface area contributed by atoms with Crippen molar-refractivity contribution < 1.29 is 8.42 Å². The average molecular weight is 303 g/mol. The summed E-state index contributed by atoms with van der Waals surface area (Å²) in [4.78, 5) is 2.40. The molecule has 2 saturated heterocycles. The summed E-state index contributed by atoms with van der Waals surface area (Å²) < 4.78 is 24.9. The summed E-state index contributed by atoms with van der Waals surface area (Å²) >= 11 is 0. The molecule has 1 N–H and O–H groups in total. The smallest absolute Gasteiger partial charge is 0.211 e. The van der Waals surface area contributed by atoms with Gasteiger partial charge in [-0.1, -0.05) is 0 Å². The van der Waals surface area contributed by atoms with Crippen molar-refractivity contribution in [3.05, 3.63) is 0 Å². The van der Waals surface area contributed by atoms with Crippen LogP contribution in [0.2, 0.25) is 0 Å². The van der Waals surface area contributed by atoms with Crippen LogP contribution in [0, 0.1) is 11.8 Å². The molecule has 6 heteroatoms. The molecule has 2 rings (SSSR count). The van der Waals surface area contributed by atoms with Crippen LogP contribution in [0.1, 0.15) is 25.7 Å². The van der Waals surface area contributed by atoms with Crippen LogP contribution in [0.3, 0.4) is 0 Å². The van der Waals surface area contributed by atoms with Gasteiger partial charge in [0.2, 0.25) is 10.0 Å². The van der Waals surface area contributed by atoms with Crippen LogP contribution in [0.5, 0.6) is 0 Å².